The summed E-state index contributed by atoms with van der Waals surface area (Å²) in [5.74, 6) is 0.850. The molecular weight excluding hydrogens is 136 g/mol. The molecular formula is C10H18O. The van der Waals surface area contributed by atoms with E-state index >= 15 is 0 Å². The average Bonchev–Trinajstić information content (AvgIpc) is 2.31. The molecule has 2 saturated carbocycles. The first-order valence-electron chi connectivity index (χ1n) is 4.73. The summed E-state index contributed by atoms with van der Waals surface area (Å²) in [5, 5.41) is 9.33. The van der Waals surface area contributed by atoms with E-state index < -0.39 is 0 Å². The monoisotopic (exact) mass is 154 g/mol. The summed E-state index contributed by atoms with van der Waals surface area (Å²) >= 11 is 0. The largest absolute Gasteiger partial charge is 0.396 e. The van der Waals surface area contributed by atoms with Gasteiger partial charge in [0.2, 0.25) is 0 Å². The second-order valence-electron chi connectivity index (χ2n) is 5.00. The van der Waals surface area contributed by atoms with Crippen LogP contribution in [-0.2, 0) is 0 Å². The number of aliphatic hydroxyl groups excluding tert-OH is 1. The van der Waals surface area contributed by atoms with Gasteiger partial charge in [-0.1, -0.05) is 20.3 Å². The minimum absolute atomic E-state index is 0.339. The predicted molar refractivity (Wildman–Crippen MR) is 45.3 cm³/mol. The second kappa shape index (κ2) is 2.01. The lowest BCUT2D eigenvalue weighted by molar-refractivity contribution is 0.0747. The summed E-state index contributed by atoms with van der Waals surface area (Å²) in [5.41, 5.74) is 0.776. The first kappa shape index (κ1) is 7.60. The molecule has 2 rings (SSSR count). The van der Waals surface area contributed by atoms with Crippen LogP contribution in [0.2, 0.25) is 0 Å². The second-order valence-corrected chi connectivity index (χ2v) is 5.00. The van der Waals surface area contributed by atoms with Crippen molar-refractivity contribution < 1.29 is 5.11 Å². The molecule has 2 aliphatic rings. The third-order valence-electron chi connectivity index (χ3n) is 4.15. The van der Waals surface area contributed by atoms with Crippen LogP contribution in [0.5, 0.6) is 0 Å². The number of aliphatic hydroxyl groups is 1. The van der Waals surface area contributed by atoms with Gasteiger partial charge in [0.25, 0.3) is 0 Å². The Kier molecular flexibility index (Phi) is 1.39. The maximum absolute atomic E-state index is 9.33. The van der Waals surface area contributed by atoms with Crippen molar-refractivity contribution in [1.82, 2.24) is 0 Å². The molecule has 2 aliphatic carbocycles. The van der Waals surface area contributed by atoms with Crippen molar-refractivity contribution in [1.29, 1.82) is 0 Å². The lowest BCUT2D eigenvalue weighted by atomic mass is 9.71. The summed E-state index contributed by atoms with van der Waals surface area (Å²) in [6, 6.07) is 0. The molecule has 11 heavy (non-hydrogen) atoms. The highest BCUT2D eigenvalue weighted by Gasteiger charge is 2.64. The van der Waals surface area contributed by atoms with Gasteiger partial charge in [0.05, 0.1) is 0 Å². The Morgan fingerprint density at radius 1 is 1.36 bits per heavy atom. The van der Waals surface area contributed by atoms with Crippen LogP contribution in [0.4, 0.5) is 0 Å². The topological polar surface area (TPSA) is 20.2 Å². The molecule has 2 fully saturated rings. The lowest BCUT2D eigenvalue weighted by Crippen LogP contribution is -2.30. The van der Waals surface area contributed by atoms with Crippen molar-refractivity contribution in [2.24, 2.45) is 16.7 Å². The van der Waals surface area contributed by atoms with Gasteiger partial charge < -0.3 is 5.11 Å². The van der Waals surface area contributed by atoms with E-state index in [2.05, 4.69) is 13.8 Å². The molecule has 1 nitrogen and oxygen atoms in total. The maximum atomic E-state index is 9.33. The van der Waals surface area contributed by atoms with Gasteiger partial charge in [0.15, 0.2) is 0 Å². The third kappa shape index (κ3) is 0.807. The van der Waals surface area contributed by atoms with Crippen molar-refractivity contribution in [3.63, 3.8) is 0 Å². The third-order valence-corrected chi connectivity index (χ3v) is 4.15. The van der Waals surface area contributed by atoms with Crippen LogP contribution in [0.15, 0.2) is 0 Å². The van der Waals surface area contributed by atoms with Gasteiger partial charge in [0.1, 0.15) is 0 Å². The van der Waals surface area contributed by atoms with Crippen molar-refractivity contribution in [2.45, 2.75) is 39.5 Å². The zero-order chi connectivity index (χ0) is 8.11. The summed E-state index contributed by atoms with van der Waals surface area (Å²) in [4.78, 5) is 0. The van der Waals surface area contributed by atoms with E-state index in [0.717, 1.165) is 5.92 Å². The SMILES string of the molecule is CC1(C)CC1(CO)C1CCC1. The fourth-order valence-corrected chi connectivity index (χ4v) is 2.80. The highest BCUT2D eigenvalue weighted by molar-refractivity contribution is 5.13. The normalized spacial score (nSPS) is 41.7. The first-order valence-corrected chi connectivity index (χ1v) is 4.73. The van der Waals surface area contributed by atoms with E-state index in [0.29, 0.717) is 17.4 Å². The Morgan fingerprint density at radius 2 is 1.91 bits per heavy atom. The lowest BCUT2D eigenvalue weighted by Gasteiger charge is -2.35. The van der Waals surface area contributed by atoms with E-state index in [4.69, 9.17) is 0 Å². The van der Waals surface area contributed by atoms with Gasteiger partial charge >= 0.3 is 0 Å². The highest BCUT2D eigenvalue weighted by Crippen LogP contribution is 2.70. The Morgan fingerprint density at radius 3 is 2.00 bits per heavy atom. The Bertz CT molecular complexity index is 170. The van der Waals surface area contributed by atoms with Gasteiger partial charge in [0, 0.05) is 12.0 Å². The quantitative estimate of drug-likeness (QED) is 0.646. The molecule has 1 N–H and O–H groups in total. The van der Waals surface area contributed by atoms with Gasteiger partial charge in [-0.3, -0.25) is 0 Å². The van der Waals surface area contributed by atoms with Crippen LogP contribution in [0.25, 0.3) is 0 Å². The van der Waals surface area contributed by atoms with Gasteiger partial charge in [-0.25, -0.2) is 0 Å². The van der Waals surface area contributed by atoms with E-state index in [1.807, 2.05) is 0 Å². The summed E-state index contributed by atoms with van der Waals surface area (Å²) in [7, 11) is 0. The zero-order valence-electron chi connectivity index (χ0n) is 7.56. The van der Waals surface area contributed by atoms with Crippen LogP contribution in [0.1, 0.15) is 39.5 Å². The molecule has 0 aromatic rings. The minimum Gasteiger partial charge on any atom is -0.396 e. The van der Waals surface area contributed by atoms with E-state index in [1.54, 1.807) is 0 Å². The molecule has 0 aromatic heterocycles. The van der Waals surface area contributed by atoms with Crippen molar-refractivity contribution in [3.05, 3.63) is 0 Å². The fourth-order valence-electron chi connectivity index (χ4n) is 2.80. The average molecular weight is 154 g/mol. The zero-order valence-corrected chi connectivity index (χ0v) is 7.56. The summed E-state index contributed by atoms with van der Waals surface area (Å²) in [6.07, 6.45) is 5.37. The molecule has 1 heteroatoms. The van der Waals surface area contributed by atoms with E-state index in [-0.39, 0.29) is 0 Å². The fraction of sp³-hybridized carbons (Fsp3) is 1.00. The van der Waals surface area contributed by atoms with E-state index in [1.165, 1.54) is 25.7 Å². The molecule has 0 aromatic carbocycles. The summed E-state index contributed by atoms with van der Waals surface area (Å²) < 4.78 is 0. The first-order chi connectivity index (χ1) is 5.12. The molecule has 0 aliphatic heterocycles. The standard InChI is InChI=1S/C10H18O/c1-9(2)6-10(9,7-11)8-4-3-5-8/h8,11H,3-7H2,1-2H3. The van der Waals surface area contributed by atoms with E-state index in [9.17, 15) is 5.11 Å². The van der Waals surface area contributed by atoms with Gasteiger partial charge in [-0.15, -0.1) is 0 Å². The van der Waals surface area contributed by atoms with Crippen LogP contribution in [0.3, 0.4) is 0 Å². The number of rotatable bonds is 2. The minimum atomic E-state index is 0.339. The van der Waals surface area contributed by atoms with Crippen molar-refractivity contribution >= 4 is 0 Å². The molecule has 0 radical (unpaired) electrons. The molecule has 0 bridgehead atoms. The molecule has 0 spiro atoms. The Balaban J connectivity index is 2.08. The molecule has 0 heterocycles. The van der Waals surface area contributed by atoms with Gasteiger partial charge in [-0.05, 0) is 30.6 Å². The number of hydrogen-bond acceptors (Lipinski definition) is 1. The summed E-state index contributed by atoms with van der Waals surface area (Å²) in [6.45, 7) is 5.01. The predicted octanol–water partition coefficient (Wildman–Crippen LogP) is 2.20. The molecule has 0 amide bonds. The van der Waals surface area contributed by atoms with Crippen LogP contribution in [0, 0.1) is 16.7 Å². The Hall–Kier alpha value is -0.0400. The van der Waals surface area contributed by atoms with Crippen LogP contribution in [-0.4, -0.2) is 11.7 Å². The smallest absolute Gasteiger partial charge is 0.0495 e. The van der Waals surface area contributed by atoms with Crippen molar-refractivity contribution in [2.75, 3.05) is 6.61 Å². The molecule has 1 unspecified atom stereocenters. The highest BCUT2D eigenvalue weighted by atomic mass is 16.3. The number of hydrogen-bond donors (Lipinski definition) is 1. The molecule has 0 saturated heterocycles. The van der Waals surface area contributed by atoms with Gasteiger partial charge in [-0.2, -0.15) is 0 Å². The van der Waals surface area contributed by atoms with Crippen molar-refractivity contribution in [3.8, 4) is 0 Å². The maximum Gasteiger partial charge on any atom is 0.0495 e. The van der Waals surface area contributed by atoms with Crippen LogP contribution >= 0.6 is 0 Å². The Labute approximate surface area is 68.8 Å². The molecule has 1 atom stereocenters. The van der Waals surface area contributed by atoms with Crippen LogP contribution < -0.4 is 0 Å². The molecule has 64 valence electrons.